The Labute approximate surface area is 118 Å². The highest BCUT2D eigenvalue weighted by Crippen LogP contribution is 2.27. The van der Waals surface area contributed by atoms with Crippen LogP contribution in [0.2, 0.25) is 0 Å². The van der Waals surface area contributed by atoms with Gasteiger partial charge in [-0.2, -0.15) is 0 Å². The fourth-order valence-electron chi connectivity index (χ4n) is 2.18. The maximum Gasteiger partial charge on any atom is 0.227 e. The average molecular weight is 277 g/mol. The zero-order valence-corrected chi connectivity index (χ0v) is 12.2. The average Bonchev–Trinajstić information content (AvgIpc) is 2.45. The lowest BCUT2D eigenvalue weighted by Gasteiger charge is -2.27. The highest BCUT2D eigenvalue weighted by molar-refractivity contribution is 7.98. The van der Waals surface area contributed by atoms with E-state index in [4.69, 9.17) is 4.74 Å². The lowest BCUT2D eigenvalue weighted by Crippen LogP contribution is -2.31. The number of hydrogen-bond acceptors (Lipinski definition) is 3. The van der Waals surface area contributed by atoms with E-state index >= 15 is 0 Å². The molecule has 0 saturated heterocycles. The van der Waals surface area contributed by atoms with Crippen molar-refractivity contribution in [3.8, 4) is 5.75 Å². The van der Waals surface area contributed by atoms with Crippen molar-refractivity contribution in [2.24, 2.45) is 0 Å². The summed E-state index contributed by atoms with van der Waals surface area (Å²) in [7, 11) is 0. The molecule has 2 rings (SSSR count). The number of rotatable bonds is 5. The highest BCUT2D eigenvalue weighted by Gasteiger charge is 2.20. The Hall–Kier alpha value is -1.42. The molecule has 1 aliphatic heterocycles. The third kappa shape index (κ3) is 3.32. The molecule has 102 valence electrons. The smallest absolute Gasteiger partial charge is 0.227 e. The van der Waals surface area contributed by atoms with Gasteiger partial charge in [0.15, 0.2) is 0 Å². The Morgan fingerprint density at radius 3 is 2.68 bits per heavy atom. The predicted molar refractivity (Wildman–Crippen MR) is 80.1 cm³/mol. The van der Waals surface area contributed by atoms with Gasteiger partial charge < -0.3 is 9.64 Å². The van der Waals surface area contributed by atoms with E-state index < -0.39 is 0 Å². The molecular weight excluding hydrogens is 258 g/mol. The number of carbonyl (C=O) groups is 1. The summed E-state index contributed by atoms with van der Waals surface area (Å²) in [5.74, 6) is 1.73. The normalized spacial score (nSPS) is 15.4. The van der Waals surface area contributed by atoms with Crippen LogP contribution >= 0.6 is 11.8 Å². The molecule has 1 aromatic rings. The molecular formula is C15H19NO2S. The summed E-state index contributed by atoms with van der Waals surface area (Å²) >= 11 is 1.65. The molecule has 0 radical (unpaired) electrons. The van der Waals surface area contributed by atoms with Gasteiger partial charge in [-0.3, -0.25) is 4.79 Å². The molecule has 1 aliphatic rings. The van der Waals surface area contributed by atoms with Gasteiger partial charge >= 0.3 is 0 Å². The Balaban J connectivity index is 2.16. The minimum absolute atomic E-state index is 0.211. The first-order valence-electron chi connectivity index (χ1n) is 6.49. The number of hydrogen-bond donors (Lipinski definition) is 0. The van der Waals surface area contributed by atoms with Gasteiger partial charge in [0.05, 0.1) is 0 Å². The van der Waals surface area contributed by atoms with Crippen LogP contribution in [0.5, 0.6) is 5.75 Å². The number of nitrogens with zero attached hydrogens (tertiary/aromatic N) is 1. The third-order valence-corrected chi connectivity index (χ3v) is 3.45. The van der Waals surface area contributed by atoms with E-state index in [2.05, 4.69) is 6.08 Å². The van der Waals surface area contributed by atoms with Crippen molar-refractivity contribution in [3.63, 3.8) is 0 Å². The molecule has 1 heterocycles. The first kappa shape index (κ1) is 14.0. The van der Waals surface area contributed by atoms with Crippen molar-refractivity contribution in [3.05, 3.63) is 35.9 Å². The third-order valence-electron chi connectivity index (χ3n) is 3.10. The fourth-order valence-corrected chi connectivity index (χ4v) is 2.44. The lowest BCUT2D eigenvalue weighted by atomic mass is 10.0. The van der Waals surface area contributed by atoms with Crippen molar-refractivity contribution in [1.29, 1.82) is 0 Å². The maximum absolute atomic E-state index is 11.9. The van der Waals surface area contributed by atoms with E-state index in [0.29, 0.717) is 12.4 Å². The van der Waals surface area contributed by atoms with Crippen molar-refractivity contribution >= 4 is 23.4 Å². The summed E-state index contributed by atoms with van der Waals surface area (Å²) in [6, 6.07) is 7.95. The number of amides is 1. The SMILES string of the molecule is CCN1C(=O)CCC=C1c1ccc(OCSC)cc1. The van der Waals surface area contributed by atoms with Crippen LogP contribution in [-0.2, 0) is 4.79 Å². The molecule has 0 atom stereocenters. The molecule has 1 aromatic carbocycles. The maximum atomic E-state index is 11.9. The molecule has 0 aromatic heterocycles. The van der Waals surface area contributed by atoms with Gasteiger partial charge in [0.25, 0.3) is 0 Å². The molecule has 0 bridgehead atoms. The Kier molecular flexibility index (Phi) is 4.91. The molecule has 0 spiro atoms. The number of allylic oxidation sites excluding steroid dienone is 1. The molecule has 0 aliphatic carbocycles. The largest absolute Gasteiger partial charge is 0.483 e. The monoisotopic (exact) mass is 277 g/mol. The van der Waals surface area contributed by atoms with Gasteiger partial charge in [-0.25, -0.2) is 0 Å². The summed E-state index contributed by atoms with van der Waals surface area (Å²) in [6.45, 7) is 2.72. The van der Waals surface area contributed by atoms with Crippen LogP contribution in [0.3, 0.4) is 0 Å². The van der Waals surface area contributed by atoms with E-state index in [1.165, 1.54) is 0 Å². The van der Waals surface area contributed by atoms with Gasteiger partial charge in [-0.1, -0.05) is 6.08 Å². The predicted octanol–water partition coefficient (Wildman–Crippen LogP) is 3.37. The second kappa shape index (κ2) is 6.66. The molecule has 1 amide bonds. The van der Waals surface area contributed by atoms with Gasteiger partial charge in [-0.15, -0.1) is 11.8 Å². The van der Waals surface area contributed by atoms with Gasteiger partial charge in [0.2, 0.25) is 5.91 Å². The van der Waals surface area contributed by atoms with Crippen LogP contribution in [0, 0.1) is 0 Å². The zero-order valence-electron chi connectivity index (χ0n) is 11.4. The summed E-state index contributed by atoms with van der Waals surface area (Å²) in [6.07, 6.45) is 5.59. The van der Waals surface area contributed by atoms with E-state index in [9.17, 15) is 4.79 Å². The molecule has 0 fully saturated rings. The molecule has 0 N–H and O–H groups in total. The highest BCUT2D eigenvalue weighted by atomic mass is 32.2. The topological polar surface area (TPSA) is 29.5 Å². The summed E-state index contributed by atoms with van der Waals surface area (Å²) in [5, 5.41) is 0. The van der Waals surface area contributed by atoms with Crippen LogP contribution in [-0.4, -0.2) is 29.5 Å². The van der Waals surface area contributed by atoms with E-state index in [1.54, 1.807) is 11.8 Å². The van der Waals surface area contributed by atoms with Crippen LogP contribution in [0.15, 0.2) is 30.3 Å². The quantitative estimate of drug-likeness (QED) is 0.773. The minimum Gasteiger partial charge on any atom is -0.483 e. The van der Waals surface area contributed by atoms with E-state index in [-0.39, 0.29) is 5.91 Å². The van der Waals surface area contributed by atoms with Crippen LogP contribution in [0.25, 0.3) is 5.70 Å². The molecule has 0 saturated carbocycles. The van der Waals surface area contributed by atoms with Crippen molar-refractivity contribution in [2.45, 2.75) is 19.8 Å². The van der Waals surface area contributed by atoms with Gasteiger partial charge in [0.1, 0.15) is 11.7 Å². The van der Waals surface area contributed by atoms with Crippen molar-refractivity contribution in [2.75, 3.05) is 18.7 Å². The molecule has 4 heteroatoms. The number of ether oxygens (including phenoxy) is 1. The summed E-state index contributed by atoms with van der Waals surface area (Å²) < 4.78 is 5.53. The molecule has 19 heavy (non-hydrogen) atoms. The van der Waals surface area contributed by atoms with Crippen LogP contribution < -0.4 is 4.74 Å². The molecule has 0 unspecified atom stereocenters. The van der Waals surface area contributed by atoms with E-state index in [0.717, 1.165) is 30.0 Å². The number of thioether (sulfide) groups is 1. The first-order valence-corrected chi connectivity index (χ1v) is 7.88. The molecule has 3 nitrogen and oxygen atoms in total. The van der Waals surface area contributed by atoms with Gasteiger partial charge in [-0.05, 0) is 49.4 Å². The van der Waals surface area contributed by atoms with Crippen molar-refractivity contribution in [1.82, 2.24) is 4.90 Å². The van der Waals surface area contributed by atoms with E-state index in [1.807, 2.05) is 42.3 Å². The van der Waals surface area contributed by atoms with Gasteiger partial charge in [0, 0.05) is 18.7 Å². The Morgan fingerprint density at radius 1 is 1.32 bits per heavy atom. The second-order valence-corrected chi connectivity index (χ2v) is 5.15. The fraction of sp³-hybridized carbons (Fsp3) is 0.400. The number of carbonyl (C=O) groups excluding carboxylic acids is 1. The Morgan fingerprint density at radius 2 is 2.05 bits per heavy atom. The lowest BCUT2D eigenvalue weighted by molar-refractivity contribution is -0.128. The van der Waals surface area contributed by atoms with Crippen LogP contribution in [0.1, 0.15) is 25.3 Å². The standard InChI is InChI=1S/C15H19NO2S/c1-3-16-14(5-4-6-15(16)17)12-7-9-13(10-8-12)18-11-19-2/h5,7-10H,3-4,6,11H2,1-2H3. The second-order valence-electron chi connectivity index (χ2n) is 4.34. The summed E-state index contributed by atoms with van der Waals surface area (Å²) in [5.41, 5.74) is 2.10. The van der Waals surface area contributed by atoms with Crippen LogP contribution in [0.4, 0.5) is 0 Å². The number of benzene rings is 1. The minimum atomic E-state index is 0.211. The Bertz CT molecular complexity index is 468. The summed E-state index contributed by atoms with van der Waals surface area (Å²) in [4.78, 5) is 13.7. The van der Waals surface area contributed by atoms with Crippen molar-refractivity contribution < 1.29 is 9.53 Å². The first-order chi connectivity index (χ1) is 9.26. The zero-order chi connectivity index (χ0) is 13.7.